The van der Waals surface area contributed by atoms with E-state index in [0.29, 0.717) is 17.9 Å². The predicted molar refractivity (Wildman–Crippen MR) is 74.1 cm³/mol. The smallest absolute Gasteiger partial charge is 0.226 e. The van der Waals surface area contributed by atoms with Crippen LogP contribution in [0, 0.1) is 11.8 Å². The maximum absolute atomic E-state index is 12.7. The van der Waals surface area contributed by atoms with Gasteiger partial charge in [0.1, 0.15) is 0 Å². The summed E-state index contributed by atoms with van der Waals surface area (Å²) in [5, 5.41) is 0. The normalized spacial score (nSPS) is 33.4. The second-order valence-corrected chi connectivity index (χ2v) is 6.88. The largest absolute Gasteiger partial charge is 0.337 e. The Morgan fingerprint density at radius 1 is 1.33 bits per heavy atom. The summed E-state index contributed by atoms with van der Waals surface area (Å²) < 4.78 is 0. The molecule has 1 aliphatic heterocycles. The molecule has 3 heteroatoms. The van der Waals surface area contributed by atoms with E-state index in [1.165, 1.54) is 12.8 Å². The molecule has 1 saturated carbocycles. The number of hydrogen-bond acceptors (Lipinski definition) is 2. The van der Waals surface area contributed by atoms with Gasteiger partial charge in [-0.3, -0.25) is 4.79 Å². The SMILES string of the molecule is CC(C(=O)N1CCCC1(C)C)C1CCCC(N)C1. The maximum atomic E-state index is 12.7. The molecule has 0 radical (unpaired) electrons. The van der Waals surface area contributed by atoms with Gasteiger partial charge in [0.15, 0.2) is 0 Å². The van der Waals surface area contributed by atoms with Gasteiger partial charge in [0.05, 0.1) is 0 Å². The number of likely N-dealkylation sites (tertiary alicyclic amines) is 1. The molecule has 0 aromatic heterocycles. The van der Waals surface area contributed by atoms with Crippen LogP contribution in [-0.4, -0.2) is 28.9 Å². The Hall–Kier alpha value is -0.570. The van der Waals surface area contributed by atoms with Crippen molar-refractivity contribution in [1.29, 1.82) is 0 Å². The summed E-state index contributed by atoms with van der Waals surface area (Å²) in [5.41, 5.74) is 6.10. The van der Waals surface area contributed by atoms with Gasteiger partial charge in [0.25, 0.3) is 0 Å². The number of nitrogens with zero attached hydrogens (tertiary/aromatic N) is 1. The molecule has 3 unspecified atom stereocenters. The van der Waals surface area contributed by atoms with Crippen LogP contribution in [0.3, 0.4) is 0 Å². The van der Waals surface area contributed by atoms with Crippen molar-refractivity contribution in [2.75, 3.05) is 6.54 Å². The molecule has 0 bridgehead atoms. The van der Waals surface area contributed by atoms with Gasteiger partial charge in [0.2, 0.25) is 5.91 Å². The standard InChI is InChI=1S/C15H28N2O/c1-11(12-6-4-7-13(16)10-12)14(18)17-9-5-8-15(17,2)3/h11-13H,4-10,16H2,1-3H3. The third-order valence-corrected chi connectivity index (χ3v) is 5.02. The van der Waals surface area contributed by atoms with Gasteiger partial charge in [-0.05, 0) is 51.9 Å². The van der Waals surface area contributed by atoms with E-state index in [0.717, 1.165) is 32.2 Å². The van der Waals surface area contributed by atoms with E-state index >= 15 is 0 Å². The zero-order valence-corrected chi connectivity index (χ0v) is 12.1. The Morgan fingerprint density at radius 3 is 2.61 bits per heavy atom. The van der Waals surface area contributed by atoms with Crippen molar-refractivity contribution in [1.82, 2.24) is 4.90 Å². The molecule has 3 nitrogen and oxygen atoms in total. The van der Waals surface area contributed by atoms with Crippen molar-refractivity contribution in [2.24, 2.45) is 17.6 Å². The lowest BCUT2D eigenvalue weighted by Gasteiger charge is -2.37. The van der Waals surface area contributed by atoms with Crippen LogP contribution in [0.2, 0.25) is 0 Å². The van der Waals surface area contributed by atoms with Crippen LogP contribution in [0.5, 0.6) is 0 Å². The number of hydrogen-bond donors (Lipinski definition) is 1. The quantitative estimate of drug-likeness (QED) is 0.821. The minimum Gasteiger partial charge on any atom is -0.337 e. The van der Waals surface area contributed by atoms with Crippen LogP contribution in [0.15, 0.2) is 0 Å². The molecule has 1 saturated heterocycles. The van der Waals surface area contributed by atoms with Gasteiger partial charge in [0, 0.05) is 24.0 Å². The van der Waals surface area contributed by atoms with Crippen molar-refractivity contribution < 1.29 is 4.79 Å². The van der Waals surface area contributed by atoms with E-state index in [2.05, 4.69) is 25.7 Å². The Bertz CT molecular complexity index is 314. The molecule has 3 atom stereocenters. The Labute approximate surface area is 111 Å². The maximum Gasteiger partial charge on any atom is 0.226 e. The summed E-state index contributed by atoms with van der Waals surface area (Å²) in [4.78, 5) is 14.8. The molecular formula is C15H28N2O. The minimum atomic E-state index is 0.0577. The number of carbonyl (C=O) groups excluding carboxylic acids is 1. The van der Waals surface area contributed by atoms with Gasteiger partial charge >= 0.3 is 0 Å². The second-order valence-electron chi connectivity index (χ2n) is 6.88. The molecule has 2 N–H and O–H groups in total. The van der Waals surface area contributed by atoms with Crippen LogP contribution in [-0.2, 0) is 4.79 Å². The van der Waals surface area contributed by atoms with Crippen molar-refractivity contribution >= 4 is 5.91 Å². The average molecular weight is 252 g/mol. The van der Waals surface area contributed by atoms with Gasteiger partial charge in [-0.15, -0.1) is 0 Å². The van der Waals surface area contributed by atoms with Crippen LogP contribution < -0.4 is 5.73 Å². The van der Waals surface area contributed by atoms with Crippen molar-refractivity contribution in [2.45, 2.75) is 70.9 Å². The molecule has 104 valence electrons. The van der Waals surface area contributed by atoms with Crippen LogP contribution in [0.25, 0.3) is 0 Å². The monoisotopic (exact) mass is 252 g/mol. The van der Waals surface area contributed by atoms with Crippen molar-refractivity contribution in [3.63, 3.8) is 0 Å². The first-order valence-corrected chi connectivity index (χ1v) is 7.49. The third-order valence-electron chi connectivity index (χ3n) is 5.02. The lowest BCUT2D eigenvalue weighted by Crippen LogP contribution is -2.47. The summed E-state index contributed by atoms with van der Waals surface area (Å²) in [6.45, 7) is 7.43. The number of rotatable bonds is 2. The molecule has 1 aliphatic carbocycles. The highest BCUT2D eigenvalue weighted by atomic mass is 16.2. The molecular weight excluding hydrogens is 224 g/mol. The highest BCUT2D eigenvalue weighted by Gasteiger charge is 2.39. The summed E-state index contributed by atoms with van der Waals surface area (Å²) in [7, 11) is 0. The zero-order valence-electron chi connectivity index (χ0n) is 12.1. The number of amides is 1. The van der Waals surface area contributed by atoms with Crippen LogP contribution in [0.4, 0.5) is 0 Å². The van der Waals surface area contributed by atoms with E-state index in [4.69, 9.17) is 5.73 Å². The number of nitrogens with two attached hydrogens (primary N) is 1. The third kappa shape index (κ3) is 2.71. The summed E-state index contributed by atoms with van der Waals surface area (Å²) in [5.74, 6) is 1.00. The van der Waals surface area contributed by atoms with Crippen molar-refractivity contribution in [3.05, 3.63) is 0 Å². The summed E-state index contributed by atoms with van der Waals surface area (Å²) in [6, 6.07) is 0.311. The first kappa shape index (κ1) is 13.9. The Balaban J connectivity index is 2.00. The molecule has 18 heavy (non-hydrogen) atoms. The molecule has 0 spiro atoms. The summed E-state index contributed by atoms with van der Waals surface area (Å²) >= 11 is 0. The minimum absolute atomic E-state index is 0.0577. The second kappa shape index (κ2) is 5.20. The van der Waals surface area contributed by atoms with Gasteiger partial charge in [-0.2, -0.15) is 0 Å². The Kier molecular flexibility index (Phi) is 4.00. The zero-order chi connectivity index (χ0) is 13.3. The Morgan fingerprint density at radius 2 is 2.06 bits per heavy atom. The highest BCUT2D eigenvalue weighted by molar-refractivity contribution is 5.79. The topological polar surface area (TPSA) is 46.3 Å². The predicted octanol–water partition coefficient (Wildman–Crippen LogP) is 2.54. The molecule has 2 rings (SSSR count). The first-order chi connectivity index (χ1) is 8.42. The number of carbonyl (C=O) groups is 1. The van der Waals surface area contributed by atoms with E-state index < -0.39 is 0 Å². The average Bonchev–Trinajstić information content (AvgIpc) is 2.67. The van der Waals surface area contributed by atoms with Gasteiger partial charge < -0.3 is 10.6 Å². The van der Waals surface area contributed by atoms with E-state index in [9.17, 15) is 4.79 Å². The lowest BCUT2D eigenvalue weighted by molar-refractivity contribution is -0.140. The molecule has 0 aromatic rings. The van der Waals surface area contributed by atoms with Crippen LogP contribution >= 0.6 is 0 Å². The fourth-order valence-corrected chi connectivity index (χ4v) is 3.68. The van der Waals surface area contributed by atoms with Crippen LogP contribution in [0.1, 0.15) is 59.3 Å². The summed E-state index contributed by atoms with van der Waals surface area (Å²) in [6.07, 6.45) is 6.81. The molecule has 1 heterocycles. The lowest BCUT2D eigenvalue weighted by atomic mass is 9.78. The van der Waals surface area contributed by atoms with Gasteiger partial charge in [-0.25, -0.2) is 0 Å². The van der Waals surface area contributed by atoms with E-state index in [1.54, 1.807) is 0 Å². The molecule has 2 fully saturated rings. The van der Waals surface area contributed by atoms with Gasteiger partial charge in [-0.1, -0.05) is 13.3 Å². The highest BCUT2D eigenvalue weighted by Crippen LogP contribution is 2.35. The van der Waals surface area contributed by atoms with Crippen molar-refractivity contribution in [3.8, 4) is 0 Å². The van der Waals surface area contributed by atoms with E-state index in [1.807, 2.05) is 0 Å². The fraction of sp³-hybridized carbons (Fsp3) is 0.933. The first-order valence-electron chi connectivity index (χ1n) is 7.49. The fourth-order valence-electron chi connectivity index (χ4n) is 3.68. The van der Waals surface area contributed by atoms with E-state index in [-0.39, 0.29) is 11.5 Å². The molecule has 1 amide bonds. The molecule has 2 aliphatic rings. The molecule has 0 aromatic carbocycles.